The number of nitrogen functional groups attached to an aromatic ring is 1. The number of rotatable bonds is 4. The van der Waals surface area contributed by atoms with Gasteiger partial charge in [0.1, 0.15) is 4.90 Å². The molecule has 0 spiro atoms. The van der Waals surface area contributed by atoms with Gasteiger partial charge in [-0.3, -0.25) is 4.72 Å². The van der Waals surface area contributed by atoms with Gasteiger partial charge in [-0.1, -0.05) is 23.7 Å². The van der Waals surface area contributed by atoms with Gasteiger partial charge in [0.05, 0.1) is 10.2 Å². The third-order valence-corrected chi connectivity index (χ3v) is 6.22. The monoisotopic (exact) mass is 406 g/mol. The minimum atomic E-state index is -3.80. The summed E-state index contributed by atoms with van der Waals surface area (Å²) in [5, 5.41) is 0.259. The molecule has 0 unspecified atom stereocenters. The van der Waals surface area contributed by atoms with Gasteiger partial charge in [-0.2, -0.15) is 0 Å². The van der Waals surface area contributed by atoms with Crippen LogP contribution >= 0.6 is 39.3 Å². The average Bonchev–Trinajstić information content (AvgIpc) is 2.43. The van der Waals surface area contributed by atoms with E-state index in [0.29, 0.717) is 10.2 Å². The minimum Gasteiger partial charge on any atom is -0.398 e. The smallest absolute Gasteiger partial charge is 0.263 e. The Hall–Kier alpha value is -0.890. The van der Waals surface area contributed by atoms with Gasteiger partial charge in [0.2, 0.25) is 0 Å². The first-order valence-electron chi connectivity index (χ1n) is 5.75. The molecule has 0 aliphatic heterocycles. The average molecular weight is 408 g/mol. The molecule has 3 N–H and O–H groups in total. The van der Waals surface area contributed by atoms with Crippen molar-refractivity contribution in [2.45, 2.75) is 9.79 Å². The first-order valence-corrected chi connectivity index (χ1v) is 9.63. The predicted octanol–water partition coefficient (Wildman–Crippen LogP) is 4.21. The van der Waals surface area contributed by atoms with Crippen molar-refractivity contribution in [1.29, 1.82) is 0 Å². The second-order valence-electron chi connectivity index (χ2n) is 4.11. The molecule has 2 aromatic carbocycles. The van der Waals surface area contributed by atoms with Crippen molar-refractivity contribution in [3.05, 3.63) is 45.9 Å². The molecular formula is C13H12BrClN2O2S2. The lowest BCUT2D eigenvalue weighted by Crippen LogP contribution is -2.14. The molecule has 0 atom stereocenters. The Kier molecular flexibility index (Phi) is 5.08. The highest BCUT2D eigenvalue weighted by Gasteiger charge is 2.21. The lowest BCUT2D eigenvalue weighted by Gasteiger charge is -2.13. The Morgan fingerprint density at radius 1 is 1.29 bits per heavy atom. The van der Waals surface area contributed by atoms with E-state index in [1.165, 1.54) is 23.9 Å². The van der Waals surface area contributed by atoms with Gasteiger partial charge < -0.3 is 5.73 Å². The second kappa shape index (κ2) is 6.48. The van der Waals surface area contributed by atoms with Crippen molar-refractivity contribution in [3.63, 3.8) is 0 Å². The summed E-state index contributed by atoms with van der Waals surface area (Å²) in [6.45, 7) is 0. The van der Waals surface area contributed by atoms with E-state index in [2.05, 4.69) is 20.7 Å². The van der Waals surface area contributed by atoms with E-state index in [0.717, 1.165) is 4.90 Å². The number of halogens is 2. The highest BCUT2D eigenvalue weighted by Crippen LogP contribution is 2.34. The molecule has 0 heterocycles. The van der Waals surface area contributed by atoms with Crippen molar-refractivity contribution in [3.8, 4) is 0 Å². The van der Waals surface area contributed by atoms with Crippen molar-refractivity contribution in [1.82, 2.24) is 0 Å². The molecule has 8 heteroatoms. The lowest BCUT2D eigenvalue weighted by molar-refractivity contribution is 0.600. The molecular weight excluding hydrogens is 396 g/mol. The Balaban J connectivity index is 2.49. The van der Waals surface area contributed by atoms with E-state index in [4.69, 9.17) is 17.3 Å². The normalized spacial score (nSPS) is 11.4. The van der Waals surface area contributed by atoms with E-state index < -0.39 is 10.0 Å². The van der Waals surface area contributed by atoms with Crippen molar-refractivity contribution in [2.24, 2.45) is 0 Å². The van der Waals surface area contributed by atoms with Crippen LogP contribution in [0.2, 0.25) is 5.02 Å². The molecule has 0 saturated heterocycles. The molecule has 0 saturated carbocycles. The van der Waals surface area contributed by atoms with Crippen LogP contribution in [0.1, 0.15) is 0 Å². The Morgan fingerprint density at radius 3 is 2.62 bits per heavy atom. The number of thioether (sulfide) groups is 1. The Bertz CT molecular complexity index is 782. The van der Waals surface area contributed by atoms with Crippen molar-refractivity contribution < 1.29 is 8.42 Å². The van der Waals surface area contributed by atoms with Crippen LogP contribution in [-0.2, 0) is 10.0 Å². The number of hydrogen-bond acceptors (Lipinski definition) is 4. The molecule has 0 amide bonds. The Labute approximate surface area is 141 Å². The summed E-state index contributed by atoms with van der Waals surface area (Å²) < 4.78 is 27.9. The summed E-state index contributed by atoms with van der Waals surface area (Å²) in [7, 11) is -3.80. The maximum absolute atomic E-state index is 12.5. The number of benzene rings is 2. The van der Waals surface area contributed by atoms with Gasteiger partial charge >= 0.3 is 0 Å². The molecule has 2 aromatic rings. The summed E-state index contributed by atoms with van der Waals surface area (Å²) in [6.07, 6.45) is 1.88. The van der Waals surface area contributed by atoms with Crippen LogP contribution in [0, 0.1) is 0 Å². The summed E-state index contributed by atoms with van der Waals surface area (Å²) >= 11 is 10.5. The van der Waals surface area contributed by atoms with E-state index in [1.807, 2.05) is 18.4 Å². The van der Waals surface area contributed by atoms with Gasteiger partial charge in [-0.25, -0.2) is 8.42 Å². The van der Waals surface area contributed by atoms with Gasteiger partial charge in [-0.05, 0) is 46.5 Å². The van der Waals surface area contributed by atoms with Crippen LogP contribution < -0.4 is 10.5 Å². The van der Waals surface area contributed by atoms with E-state index in [9.17, 15) is 8.42 Å². The number of hydrogen-bond donors (Lipinski definition) is 2. The number of nitrogens with two attached hydrogens (primary N) is 1. The maximum atomic E-state index is 12.5. The molecule has 2 rings (SSSR count). The Morgan fingerprint density at radius 2 is 1.95 bits per heavy atom. The highest BCUT2D eigenvalue weighted by atomic mass is 79.9. The van der Waals surface area contributed by atoms with Crippen LogP contribution in [0.15, 0.2) is 50.7 Å². The molecule has 0 fully saturated rings. The maximum Gasteiger partial charge on any atom is 0.263 e. The third kappa shape index (κ3) is 3.66. The first-order chi connectivity index (χ1) is 9.85. The van der Waals surface area contributed by atoms with E-state index >= 15 is 0 Å². The number of para-hydroxylation sites is 1. The SMILES string of the molecule is CSc1ccccc1NS(=O)(=O)c1cc(Cl)cc(N)c1Br. The topological polar surface area (TPSA) is 72.2 Å². The zero-order chi connectivity index (χ0) is 15.6. The summed E-state index contributed by atoms with van der Waals surface area (Å²) in [4.78, 5) is 0.829. The van der Waals surface area contributed by atoms with Crippen LogP contribution in [0.25, 0.3) is 0 Å². The van der Waals surface area contributed by atoms with E-state index in [1.54, 1.807) is 12.1 Å². The fourth-order valence-electron chi connectivity index (χ4n) is 1.71. The summed E-state index contributed by atoms with van der Waals surface area (Å²) in [5.74, 6) is 0. The number of anilines is 2. The van der Waals surface area contributed by atoms with Gasteiger partial charge in [0.25, 0.3) is 10.0 Å². The summed E-state index contributed by atoms with van der Waals surface area (Å²) in [5.41, 5.74) is 6.51. The molecule has 0 aliphatic carbocycles. The van der Waals surface area contributed by atoms with E-state index in [-0.39, 0.29) is 15.6 Å². The largest absolute Gasteiger partial charge is 0.398 e. The molecule has 4 nitrogen and oxygen atoms in total. The standard InChI is InChI=1S/C13H12BrClN2O2S2/c1-20-11-5-3-2-4-10(11)17-21(18,19)12-7-8(15)6-9(16)13(12)14/h2-7,17H,16H2,1H3. The predicted molar refractivity (Wildman–Crippen MR) is 92.6 cm³/mol. The van der Waals surface area contributed by atoms with Crippen LogP contribution in [0.5, 0.6) is 0 Å². The molecule has 0 aromatic heterocycles. The fourth-order valence-corrected chi connectivity index (χ4v) is 4.70. The quantitative estimate of drug-likeness (QED) is 0.588. The number of nitrogens with one attached hydrogen (secondary N) is 1. The first kappa shape index (κ1) is 16.5. The van der Waals surface area contributed by atoms with Gasteiger partial charge in [0.15, 0.2) is 0 Å². The van der Waals surface area contributed by atoms with Crippen molar-refractivity contribution in [2.75, 3.05) is 16.7 Å². The second-order valence-corrected chi connectivity index (χ2v) is 7.84. The molecule has 112 valence electrons. The summed E-state index contributed by atoms with van der Waals surface area (Å²) in [6, 6.07) is 9.98. The van der Waals surface area contributed by atoms with Crippen LogP contribution in [0.4, 0.5) is 11.4 Å². The zero-order valence-corrected chi connectivity index (χ0v) is 14.9. The minimum absolute atomic E-state index is 0.00315. The zero-order valence-electron chi connectivity index (χ0n) is 10.9. The lowest BCUT2D eigenvalue weighted by atomic mass is 10.3. The fraction of sp³-hybridized carbons (Fsp3) is 0.0769. The molecule has 0 aliphatic rings. The van der Waals surface area contributed by atoms with Gasteiger partial charge in [-0.15, -0.1) is 11.8 Å². The molecule has 21 heavy (non-hydrogen) atoms. The van der Waals surface area contributed by atoms with Crippen LogP contribution in [0.3, 0.4) is 0 Å². The third-order valence-electron chi connectivity index (χ3n) is 2.67. The molecule has 0 radical (unpaired) electrons. The van der Waals surface area contributed by atoms with Gasteiger partial charge in [0, 0.05) is 15.6 Å². The molecule has 0 bridgehead atoms. The van der Waals surface area contributed by atoms with Crippen molar-refractivity contribution >= 4 is 60.7 Å². The van der Waals surface area contributed by atoms with Crippen LogP contribution in [-0.4, -0.2) is 14.7 Å². The number of sulfonamides is 1. The highest BCUT2D eigenvalue weighted by molar-refractivity contribution is 9.10.